The van der Waals surface area contributed by atoms with Crippen molar-refractivity contribution in [1.29, 1.82) is 0 Å². The number of halogens is 2. The van der Waals surface area contributed by atoms with E-state index in [1.54, 1.807) is 17.0 Å². The maximum absolute atomic E-state index is 12.9. The molecule has 0 aliphatic carbocycles. The summed E-state index contributed by atoms with van der Waals surface area (Å²) in [7, 11) is 0. The number of fused-ring (bicyclic) bond motifs is 1. The van der Waals surface area contributed by atoms with Gasteiger partial charge in [0.05, 0.1) is 23.3 Å². The molecule has 2 amide bonds. The van der Waals surface area contributed by atoms with Crippen LogP contribution in [0, 0.1) is 5.82 Å². The highest BCUT2D eigenvalue weighted by molar-refractivity contribution is 7.99. The van der Waals surface area contributed by atoms with Crippen molar-refractivity contribution in [2.24, 2.45) is 0 Å². The van der Waals surface area contributed by atoms with Gasteiger partial charge < -0.3 is 15.2 Å². The lowest BCUT2D eigenvalue weighted by atomic mass is 10.3. The molecular formula is C21H21ClFN5O2S. The zero-order valence-electron chi connectivity index (χ0n) is 16.6. The van der Waals surface area contributed by atoms with Crippen LogP contribution in [0.25, 0.3) is 11.0 Å². The van der Waals surface area contributed by atoms with Crippen LogP contribution >= 0.6 is 23.4 Å². The number of hydrogen-bond donors (Lipinski definition) is 2. The summed E-state index contributed by atoms with van der Waals surface area (Å²) >= 11 is 7.35. The molecule has 0 saturated carbocycles. The third-order valence-electron chi connectivity index (χ3n) is 4.97. The Hall–Kier alpha value is -2.62. The number of aromatic nitrogens is 2. The van der Waals surface area contributed by atoms with Gasteiger partial charge in [0.2, 0.25) is 11.8 Å². The van der Waals surface area contributed by atoms with Gasteiger partial charge in [-0.3, -0.25) is 14.5 Å². The number of carbonyl (C=O) groups is 2. The van der Waals surface area contributed by atoms with E-state index < -0.39 is 0 Å². The summed E-state index contributed by atoms with van der Waals surface area (Å²) in [6.45, 7) is 2.61. The Labute approximate surface area is 187 Å². The van der Waals surface area contributed by atoms with E-state index in [9.17, 15) is 14.0 Å². The van der Waals surface area contributed by atoms with E-state index in [1.165, 1.54) is 36.0 Å². The van der Waals surface area contributed by atoms with Gasteiger partial charge in [0.1, 0.15) is 5.82 Å². The van der Waals surface area contributed by atoms with Crippen LogP contribution in [-0.4, -0.2) is 70.1 Å². The summed E-state index contributed by atoms with van der Waals surface area (Å²) in [6.07, 6.45) is 0. The van der Waals surface area contributed by atoms with Crippen molar-refractivity contribution >= 4 is 51.9 Å². The van der Waals surface area contributed by atoms with Crippen LogP contribution in [0.15, 0.2) is 47.6 Å². The summed E-state index contributed by atoms with van der Waals surface area (Å²) in [5.74, 6) is -0.175. The van der Waals surface area contributed by atoms with Gasteiger partial charge in [-0.1, -0.05) is 23.4 Å². The van der Waals surface area contributed by atoms with Crippen LogP contribution < -0.4 is 5.32 Å². The number of thioether (sulfide) groups is 1. The number of H-pyrrole nitrogens is 1. The zero-order valence-corrected chi connectivity index (χ0v) is 18.2. The van der Waals surface area contributed by atoms with E-state index in [1.807, 2.05) is 11.0 Å². The molecule has 0 bridgehead atoms. The molecule has 1 aliphatic heterocycles. The summed E-state index contributed by atoms with van der Waals surface area (Å²) < 4.78 is 12.9. The van der Waals surface area contributed by atoms with Crippen LogP contribution in [0.1, 0.15) is 0 Å². The fourth-order valence-electron chi connectivity index (χ4n) is 3.34. The molecule has 0 unspecified atom stereocenters. The summed E-state index contributed by atoms with van der Waals surface area (Å²) in [6, 6.07) is 11.1. The fourth-order valence-corrected chi connectivity index (χ4v) is 4.30. The van der Waals surface area contributed by atoms with Crippen molar-refractivity contribution in [3.63, 3.8) is 0 Å². The molecule has 1 saturated heterocycles. The van der Waals surface area contributed by atoms with E-state index in [4.69, 9.17) is 11.6 Å². The standard InChI is InChI=1S/C21H21ClFN5O2S/c22-14-1-6-17-18(11-14)26-21(25-17)31-13-20(30)28-9-7-27(8-10-28)12-19(29)24-16-4-2-15(23)3-5-16/h1-6,11H,7-10,12-13H2,(H,24,29)(H,25,26). The number of nitrogens with zero attached hydrogens (tertiary/aromatic N) is 3. The molecule has 0 radical (unpaired) electrons. The normalized spacial score (nSPS) is 14.7. The molecule has 2 aromatic carbocycles. The predicted octanol–water partition coefficient (Wildman–Crippen LogP) is 3.23. The van der Waals surface area contributed by atoms with Crippen LogP contribution in [-0.2, 0) is 9.59 Å². The third-order valence-corrected chi connectivity index (χ3v) is 6.07. The second kappa shape index (κ2) is 9.67. The van der Waals surface area contributed by atoms with Crippen molar-refractivity contribution in [3.05, 3.63) is 53.3 Å². The molecular weight excluding hydrogens is 441 g/mol. The fraction of sp³-hybridized carbons (Fsp3) is 0.286. The monoisotopic (exact) mass is 461 g/mol. The van der Waals surface area contributed by atoms with E-state index in [0.29, 0.717) is 47.8 Å². The van der Waals surface area contributed by atoms with E-state index in [0.717, 1.165) is 11.0 Å². The second-order valence-electron chi connectivity index (χ2n) is 7.20. The third kappa shape index (κ3) is 5.75. The Morgan fingerprint density at radius 3 is 2.61 bits per heavy atom. The molecule has 0 atom stereocenters. The number of carbonyl (C=O) groups excluding carboxylic acids is 2. The molecule has 1 aromatic heterocycles. The number of benzene rings is 2. The number of imidazole rings is 1. The lowest BCUT2D eigenvalue weighted by Gasteiger charge is -2.34. The first kappa shape index (κ1) is 21.6. The number of piperazine rings is 1. The minimum atomic E-state index is -0.346. The molecule has 162 valence electrons. The maximum Gasteiger partial charge on any atom is 0.238 e. The highest BCUT2D eigenvalue weighted by atomic mass is 35.5. The lowest BCUT2D eigenvalue weighted by Crippen LogP contribution is -2.50. The van der Waals surface area contributed by atoms with Gasteiger partial charge in [0.15, 0.2) is 5.16 Å². The SMILES string of the molecule is O=C(CN1CCN(C(=O)CSc2nc3ccc(Cl)cc3[nH]2)CC1)Nc1ccc(F)cc1. The van der Waals surface area contributed by atoms with Crippen LogP contribution in [0.2, 0.25) is 5.02 Å². The Balaban J connectivity index is 1.21. The Bertz CT molecular complexity index is 1080. The van der Waals surface area contributed by atoms with E-state index >= 15 is 0 Å². The van der Waals surface area contributed by atoms with Crippen molar-refractivity contribution in [3.8, 4) is 0 Å². The average molecular weight is 462 g/mol. The van der Waals surface area contributed by atoms with Crippen molar-refractivity contribution in [2.45, 2.75) is 5.16 Å². The number of nitrogens with one attached hydrogen (secondary N) is 2. The van der Waals surface area contributed by atoms with Gasteiger partial charge in [-0.25, -0.2) is 9.37 Å². The average Bonchev–Trinajstić information content (AvgIpc) is 3.16. The molecule has 0 spiro atoms. The molecule has 2 heterocycles. The minimum Gasteiger partial charge on any atom is -0.339 e. The lowest BCUT2D eigenvalue weighted by molar-refractivity contribution is -0.130. The molecule has 7 nitrogen and oxygen atoms in total. The first-order valence-electron chi connectivity index (χ1n) is 9.80. The van der Waals surface area contributed by atoms with Gasteiger partial charge in [-0.15, -0.1) is 0 Å². The quantitative estimate of drug-likeness (QED) is 0.551. The smallest absolute Gasteiger partial charge is 0.238 e. The van der Waals surface area contributed by atoms with E-state index in [2.05, 4.69) is 15.3 Å². The highest BCUT2D eigenvalue weighted by Gasteiger charge is 2.22. The Morgan fingerprint density at radius 2 is 1.87 bits per heavy atom. The highest BCUT2D eigenvalue weighted by Crippen LogP contribution is 2.22. The largest absolute Gasteiger partial charge is 0.339 e. The van der Waals surface area contributed by atoms with Crippen molar-refractivity contribution < 1.29 is 14.0 Å². The molecule has 1 fully saturated rings. The predicted molar refractivity (Wildman–Crippen MR) is 120 cm³/mol. The first-order chi connectivity index (χ1) is 15.0. The number of hydrogen-bond acceptors (Lipinski definition) is 5. The van der Waals surface area contributed by atoms with Crippen molar-refractivity contribution in [1.82, 2.24) is 19.8 Å². The molecule has 4 rings (SSSR count). The van der Waals surface area contributed by atoms with Gasteiger partial charge in [-0.05, 0) is 42.5 Å². The van der Waals surface area contributed by atoms with E-state index in [-0.39, 0.29) is 24.2 Å². The zero-order chi connectivity index (χ0) is 21.8. The van der Waals surface area contributed by atoms with Gasteiger partial charge in [0, 0.05) is 36.9 Å². The number of anilines is 1. The topological polar surface area (TPSA) is 81.3 Å². The van der Waals surface area contributed by atoms with Crippen LogP contribution in [0.4, 0.5) is 10.1 Å². The number of rotatable bonds is 6. The Morgan fingerprint density at radius 1 is 1.13 bits per heavy atom. The molecule has 31 heavy (non-hydrogen) atoms. The Kier molecular flexibility index (Phi) is 6.74. The van der Waals surface area contributed by atoms with Gasteiger partial charge >= 0.3 is 0 Å². The van der Waals surface area contributed by atoms with Gasteiger partial charge in [0.25, 0.3) is 0 Å². The summed E-state index contributed by atoms with van der Waals surface area (Å²) in [5.41, 5.74) is 2.21. The molecule has 10 heteroatoms. The molecule has 2 N–H and O–H groups in total. The minimum absolute atomic E-state index is 0.0407. The summed E-state index contributed by atoms with van der Waals surface area (Å²) in [4.78, 5) is 36.2. The van der Waals surface area contributed by atoms with Crippen LogP contribution in [0.5, 0.6) is 0 Å². The maximum atomic E-state index is 12.9. The molecule has 3 aromatic rings. The second-order valence-corrected chi connectivity index (χ2v) is 8.60. The number of amides is 2. The molecule has 1 aliphatic rings. The van der Waals surface area contributed by atoms with Crippen LogP contribution in [0.3, 0.4) is 0 Å². The van der Waals surface area contributed by atoms with Crippen molar-refractivity contribution in [2.75, 3.05) is 43.8 Å². The summed E-state index contributed by atoms with van der Waals surface area (Å²) in [5, 5.41) is 4.07. The first-order valence-corrected chi connectivity index (χ1v) is 11.2. The van der Waals surface area contributed by atoms with Gasteiger partial charge in [-0.2, -0.15) is 0 Å². The number of aromatic amines is 1.